The summed E-state index contributed by atoms with van der Waals surface area (Å²) in [5.41, 5.74) is 0. The zero-order chi connectivity index (χ0) is 6.24. The summed E-state index contributed by atoms with van der Waals surface area (Å²) < 4.78 is 0. The first-order valence-corrected chi connectivity index (χ1v) is 3.57. The van der Waals surface area contributed by atoms with Gasteiger partial charge in [-0.1, -0.05) is 11.4 Å². The minimum atomic E-state index is 0.784. The predicted octanol–water partition coefficient (Wildman–Crippen LogP) is 1.83. The molecular formula is C6H11NS. The molecule has 0 aromatic heterocycles. The van der Waals surface area contributed by atoms with Crippen molar-refractivity contribution in [3.63, 3.8) is 0 Å². The quantitative estimate of drug-likeness (QED) is 0.330. The van der Waals surface area contributed by atoms with Crippen LogP contribution in [0.15, 0.2) is 11.5 Å². The highest BCUT2D eigenvalue weighted by Gasteiger charge is 1.62. The molecule has 0 fully saturated rings. The second kappa shape index (κ2) is 6.63. The largest absolute Gasteiger partial charge is 0.313 e. The Morgan fingerprint density at radius 1 is 1.62 bits per heavy atom. The van der Waals surface area contributed by atoms with Crippen LogP contribution in [0.25, 0.3) is 0 Å². The maximum Gasteiger partial charge on any atom is 0.00554 e. The van der Waals surface area contributed by atoms with Gasteiger partial charge >= 0.3 is 0 Å². The molecule has 0 rings (SSSR count). The molecule has 0 aliphatic carbocycles. The number of allylic oxidation sites excluding steroid dienone is 1. The molecule has 0 aromatic rings. The van der Waals surface area contributed by atoms with E-state index in [1.54, 1.807) is 0 Å². The van der Waals surface area contributed by atoms with Crippen LogP contribution >= 0.6 is 11.4 Å². The highest BCUT2D eigenvalue weighted by atomic mass is 32.1. The van der Waals surface area contributed by atoms with Crippen molar-refractivity contribution in [2.45, 2.75) is 13.3 Å². The molecule has 0 aliphatic heterocycles. The van der Waals surface area contributed by atoms with E-state index < -0.39 is 0 Å². The van der Waals surface area contributed by atoms with Crippen LogP contribution < -0.4 is 0 Å². The minimum absolute atomic E-state index is 0.784. The third-order valence-electron chi connectivity index (χ3n) is 0.564. The van der Waals surface area contributed by atoms with Crippen molar-refractivity contribution in [1.82, 2.24) is 0 Å². The van der Waals surface area contributed by atoms with Gasteiger partial charge in [0.25, 0.3) is 0 Å². The molecule has 0 heterocycles. The summed E-state index contributed by atoms with van der Waals surface area (Å²) in [5, 5.41) is 10.7. The summed E-state index contributed by atoms with van der Waals surface area (Å²) in [6, 6.07) is 0. The van der Waals surface area contributed by atoms with Crippen LogP contribution in [0.3, 0.4) is 0 Å². The topological polar surface area (TPSA) is 23.9 Å². The van der Waals surface area contributed by atoms with Gasteiger partial charge in [-0.15, -0.1) is 0 Å². The molecule has 0 saturated heterocycles. The number of hydrogen-bond acceptors (Lipinski definition) is 1. The van der Waals surface area contributed by atoms with Crippen molar-refractivity contribution >= 4 is 22.9 Å². The minimum Gasteiger partial charge on any atom is -0.313 e. The van der Waals surface area contributed by atoms with Crippen molar-refractivity contribution in [3.05, 3.63) is 11.5 Å². The van der Waals surface area contributed by atoms with E-state index in [4.69, 9.17) is 5.41 Å². The van der Waals surface area contributed by atoms with Crippen LogP contribution in [0.1, 0.15) is 13.3 Å². The SMILES string of the molecule is C/C=C\[SH]=C\CC=N. The Labute approximate surface area is 53.9 Å². The van der Waals surface area contributed by atoms with Crippen molar-refractivity contribution in [2.75, 3.05) is 0 Å². The highest BCUT2D eigenvalue weighted by molar-refractivity contribution is 8.00. The summed E-state index contributed by atoms with van der Waals surface area (Å²) in [5.74, 6) is 0. The standard InChI is InChI=1S/C6H11NS/c1-2-5-8-6-3-4-7/h2,4-8H,3H2,1H3/b5-2-,7-4?. The molecular weight excluding hydrogens is 118 g/mol. The Morgan fingerprint density at radius 3 is 2.88 bits per heavy atom. The Morgan fingerprint density at radius 2 is 2.38 bits per heavy atom. The molecule has 0 atom stereocenters. The zero-order valence-corrected chi connectivity index (χ0v) is 5.86. The molecule has 2 heteroatoms. The van der Waals surface area contributed by atoms with Crippen molar-refractivity contribution in [3.8, 4) is 0 Å². The molecule has 1 N–H and O–H groups in total. The number of hydrogen-bond donors (Lipinski definition) is 2. The summed E-state index contributed by atoms with van der Waals surface area (Å²) in [6.45, 7) is 1.99. The number of thiol groups is 1. The summed E-state index contributed by atoms with van der Waals surface area (Å²) in [4.78, 5) is 0. The van der Waals surface area contributed by atoms with Crippen LogP contribution in [0.2, 0.25) is 0 Å². The molecule has 0 unspecified atom stereocenters. The van der Waals surface area contributed by atoms with E-state index in [0.717, 1.165) is 6.42 Å². The lowest BCUT2D eigenvalue weighted by Crippen LogP contribution is -1.67. The van der Waals surface area contributed by atoms with E-state index in [-0.39, 0.29) is 0 Å². The maximum absolute atomic E-state index is 6.65. The average Bonchev–Trinajstić information content (AvgIpc) is 1.81. The van der Waals surface area contributed by atoms with E-state index in [0.29, 0.717) is 0 Å². The van der Waals surface area contributed by atoms with Crippen molar-refractivity contribution < 1.29 is 0 Å². The first kappa shape index (κ1) is 7.63. The van der Waals surface area contributed by atoms with Gasteiger partial charge in [0.05, 0.1) is 0 Å². The summed E-state index contributed by atoms with van der Waals surface area (Å²) >= 11 is 1.20. The number of rotatable bonds is 3. The van der Waals surface area contributed by atoms with Gasteiger partial charge < -0.3 is 5.41 Å². The lowest BCUT2D eigenvalue weighted by atomic mass is 10.6. The third kappa shape index (κ3) is 5.63. The lowest BCUT2D eigenvalue weighted by Gasteiger charge is -1.73. The fourth-order valence-electron chi connectivity index (χ4n) is 0.260. The van der Waals surface area contributed by atoms with Crippen LogP contribution in [-0.4, -0.2) is 11.6 Å². The molecule has 0 spiro atoms. The van der Waals surface area contributed by atoms with Gasteiger partial charge in [-0.25, -0.2) is 0 Å². The molecule has 46 valence electrons. The van der Waals surface area contributed by atoms with Crippen molar-refractivity contribution in [1.29, 1.82) is 5.41 Å². The molecule has 0 amide bonds. The van der Waals surface area contributed by atoms with Crippen LogP contribution in [-0.2, 0) is 0 Å². The Bertz CT molecular complexity index is 105. The Balaban J connectivity index is 3.19. The monoisotopic (exact) mass is 129 g/mol. The van der Waals surface area contributed by atoms with Gasteiger partial charge in [0.15, 0.2) is 0 Å². The van der Waals surface area contributed by atoms with Crippen LogP contribution in [0.4, 0.5) is 0 Å². The average molecular weight is 129 g/mol. The van der Waals surface area contributed by atoms with Crippen LogP contribution in [0.5, 0.6) is 0 Å². The van der Waals surface area contributed by atoms with E-state index >= 15 is 0 Å². The molecule has 8 heavy (non-hydrogen) atoms. The first-order valence-electron chi connectivity index (χ1n) is 2.53. The molecule has 1 nitrogen and oxygen atoms in total. The number of nitrogens with one attached hydrogen (secondary N) is 1. The smallest absolute Gasteiger partial charge is 0.00554 e. The molecule has 0 aromatic carbocycles. The van der Waals surface area contributed by atoms with E-state index in [1.807, 2.05) is 23.8 Å². The van der Waals surface area contributed by atoms with Gasteiger partial charge in [-0.3, -0.25) is 0 Å². The molecule has 0 radical (unpaired) electrons. The second-order valence-electron chi connectivity index (χ2n) is 1.25. The van der Waals surface area contributed by atoms with Gasteiger partial charge in [0, 0.05) is 6.42 Å². The molecule has 0 aliphatic rings. The fourth-order valence-corrected chi connectivity index (χ4v) is 0.781. The summed E-state index contributed by atoms with van der Waals surface area (Å²) in [7, 11) is 0. The fraction of sp³-hybridized carbons (Fsp3) is 0.333. The first-order chi connectivity index (χ1) is 3.91. The van der Waals surface area contributed by atoms with Gasteiger partial charge in [0.2, 0.25) is 0 Å². The Hall–Kier alpha value is -0.370. The van der Waals surface area contributed by atoms with Crippen molar-refractivity contribution in [2.24, 2.45) is 0 Å². The van der Waals surface area contributed by atoms with Gasteiger partial charge in [-0.2, -0.15) is 11.4 Å². The Kier molecular flexibility index (Phi) is 6.32. The zero-order valence-electron chi connectivity index (χ0n) is 4.96. The highest BCUT2D eigenvalue weighted by Crippen LogP contribution is 1.85. The molecule has 0 saturated carbocycles. The van der Waals surface area contributed by atoms with Crippen LogP contribution in [0, 0.1) is 5.41 Å². The van der Waals surface area contributed by atoms with E-state index in [9.17, 15) is 0 Å². The van der Waals surface area contributed by atoms with E-state index in [1.165, 1.54) is 17.6 Å². The second-order valence-corrected chi connectivity index (χ2v) is 2.22. The normalized spacial score (nSPS) is 12.1. The summed E-state index contributed by atoms with van der Waals surface area (Å²) in [6.07, 6.45) is 4.18. The maximum atomic E-state index is 6.65. The lowest BCUT2D eigenvalue weighted by molar-refractivity contribution is 1.51. The van der Waals surface area contributed by atoms with E-state index in [2.05, 4.69) is 0 Å². The van der Waals surface area contributed by atoms with Gasteiger partial charge in [0.1, 0.15) is 0 Å². The predicted molar refractivity (Wildman–Crippen MR) is 43.3 cm³/mol. The molecule has 0 bridgehead atoms. The third-order valence-corrected chi connectivity index (χ3v) is 1.46. The van der Waals surface area contributed by atoms with Gasteiger partial charge in [-0.05, 0) is 18.5 Å².